The maximum Gasteiger partial charge on any atom is 0.282 e. The second kappa shape index (κ2) is 7.75. The molecule has 0 atom stereocenters. The van der Waals surface area contributed by atoms with Crippen LogP contribution in [-0.4, -0.2) is 61.6 Å². The molecule has 0 amide bonds. The average molecular weight is 402 g/mol. The fourth-order valence-electron chi connectivity index (χ4n) is 3.21. The molecule has 1 saturated heterocycles. The molecule has 1 aromatic carbocycles. The summed E-state index contributed by atoms with van der Waals surface area (Å²) in [6.07, 6.45) is 3.29. The lowest BCUT2D eigenvalue weighted by atomic mass is 10.0. The van der Waals surface area contributed by atoms with Gasteiger partial charge < -0.3 is 19.1 Å². The van der Waals surface area contributed by atoms with Crippen molar-refractivity contribution in [3.05, 3.63) is 36.7 Å². The van der Waals surface area contributed by atoms with Gasteiger partial charge in [-0.25, -0.2) is 13.8 Å². The van der Waals surface area contributed by atoms with Crippen molar-refractivity contribution in [3.8, 4) is 22.6 Å². The Bertz CT molecular complexity index is 1010. The normalized spacial score (nSPS) is 15.2. The fourth-order valence-corrected chi connectivity index (χ4v) is 3.21. The minimum Gasteiger partial charge on any atom is -0.493 e. The van der Waals surface area contributed by atoms with Gasteiger partial charge in [-0.05, 0) is 18.2 Å². The standard InChI is InChI=1S/C20H20F2N4O3/c1-27-5-6-29-18-7-14-15(10-24-25-16(14)8-17(18)28-2)13-3-4-19(23-9-13)26-11-20(21,22)12-26/h3-4,7-10H,5-6,11-12H2,1-2H3. The zero-order chi connectivity index (χ0) is 20.4. The molecule has 1 aliphatic rings. The van der Waals surface area contributed by atoms with Crippen LogP contribution in [-0.2, 0) is 4.74 Å². The molecule has 0 aliphatic carbocycles. The van der Waals surface area contributed by atoms with Crippen LogP contribution in [0.4, 0.5) is 14.6 Å². The van der Waals surface area contributed by atoms with E-state index in [4.69, 9.17) is 14.2 Å². The van der Waals surface area contributed by atoms with E-state index in [9.17, 15) is 8.78 Å². The van der Waals surface area contributed by atoms with E-state index in [0.29, 0.717) is 36.0 Å². The molecule has 152 valence electrons. The Balaban J connectivity index is 1.67. The van der Waals surface area contributed by atoms with Crippen molar-refractivity contribution < 1.29 is 23.0 Å². The van der Waals surface area contributed by atoms with Crippen molar-refractivity contribution in [2.75, 3.05) is 45.4 Å². The van der Waals surface area contributed by atoms with Crippen LogP contribution >= 0.6 is 0 Å². The van der Waals surface area contributed by atoms with E-state index in [1.54, 1.807) is 43.6 Å². The Hall–Kier alpha value is -3.07. The van der Waals surface area contributed by atoms with Crippen molar-refractivity contribution in [2.24, 2.45) is 0 Å². The third kappa shape index (κ3) is 3.91. The third-order valence-corrected chi connectivity index (χ3v) is 4.70. The van der Waals surface area contributed by atoms with Gasteiger partial charge in [-0.15, -0.1) is 0 Å². The molecule has 0 bridgehead atoms. The number of pyridine rings is 1. The number of hydrogen-bond acceptors (Lipinski definition) is 7. The van der Waals surface area contributed by atoms with Crippen molar-refractivity contribution in [1.29, 1.82) is 0 Å². The summed E-state index contributed by atoms with van der Waals surface area (Å²) in [7, 11) is 3.16. The number of benzene rings is 1. The Labute approximate surface area is 166 Å². The number of aromatic nitrogens is 3. The monoisotopic (exact) mass is 402 g/mol. The van der Waals surface area contributed by atoms with Crippen LogP contribution in [0.15, 0.2) is 36.7 Å². The van der Waals surface area contributed by atoms with Gasteiger partial charge in [0.05, 0.1) is 38.5 Å². The highest BCUT2D eigenvalue weighted by atomic mass is 19.3. The highest BCUT2D eigenvalue weighted by Gasteiger charge is 2.44. The highest BCUT2D eigenvalue weighted by molar-refractivity contribution is 5.95. The van der Waals surface area contributed by atoms with E-state index in [2.05, 4.69) is 15.2 Å². The number of alkyl halides is 2. The second-order valence-electron chi connectivity index (χ2n) is 6.74. The quantitative estimate of drug-likeness (QED) is 0.562. The lowest BCUT2D eigenvalue weighted by Gasteiger charge is -2.39. The van der Waals surface area contributed by atoms with Crippen LogP contribution in [0.1, 0.15) is 0 Å². The van der Waals surface area contributed by atoms with Crippen LogP contribution in [0.5, 0.6) is 11.5 Å². The SMILES string of the molecule is COCCOc1cc2c(-c3ccc(N4CC(F)(F)C4)nc3)cnnc2cc1OC. The van der Waals surface area contributed by atoms with Gasteiger partial charge in [-0.3, -0.25) is 0 Å². The summed E-state index contributed by atoms with van der Waals surface area (Å²) in [5.74, 6) is -0.994. The Morgan fingerprint density at radius 2 is 1.90 bits per heavy atom. The van der Waals surface area contributed by atoms with E-state index in [1.807, 2.05) is 12.1 Å². The third-order valence-electron chi connectivity index (χ3n) is 4.70. The van der Waals surface area contributed by atoms with Gasteiger partial charge in [0.15, 0.2) is 11.5 Å². The van der Waals surface area contributed by atoms with E-state index in [-0.39, 0.29) is 13.1 Å². The number of fused-ring (bicyclic) bond motifs is 1. The zero-order valence-corrected chi connectivity index (χ0v) is 16.1. The Morgan fingerprint density at radius 1 is 1.07 bits per heavy atom. The molecule has 9 heteroatoms. The van der Waals surface area contributed by atoms with E-state index < -0.39 is 5.92 Å². The second-order valence-corrected chi connectivity index (χ2v) is 6.74. The van der Waals surface area contributed by atoms with Gasteiger partial charge in [0.2, 0.25) is 0 Å². The number of methoxy groups -OCH3 is 2. The Kier molecular flexibility index (Phi) is 5.14. The number of anilines is 1. The molecule has 0 saturated carbocycles. The Morgan fingerprint density at radius 3 is 2.55 bits per heavy atom. The zero-order valence-electron chi connectivity index (χ0n) is 16.1. The molecule has 1 aliphatic heterocycles. The average Bonchev–Trinajstić information content (AvgIpc) is 2.71. The summed E-state index contributed by atoms with van der Waals surface area (Å²) >= 11 is 0. The van der Waals surface area contributed by atoms with Crippen LogP contribution in [0.2, 0.25) is 0 Å². The van der Waals surface area contributed by atoms with E-state index in [1.165, 1.54) is 0 Å². The predicted molar refractivity (Wildman–Crippen MR) is 104 cm³/mol. The first-order chi connectivity index (χ1) is 14.0. The smallest absolute Gasteiger partial charge is 0.282 e. The molecule has 0 spiro atoms. The summed E-state index contributed by atoms with van der Waals surface area (Å²) in [6.45, 7) is 0.217. The molecule has 4 rings (SSSR count). The topological polar surface area (TPSA) is 69.6 Å². The van der Waals surface area contributed by atoms with Crippen LogP contribution in [0, 0.1) is 0 Å². The molecule has 3 aromatic rings. The predicted octanol–water partition coefficient (Wildman–Crippen LogP) is 3.18. The first kappa shape index (κ1) is 19.3. The molecule has 0 unspecified atom stereocenters. The maximum absolute atomic E-state index is 13.1. The molecule has 0 radical (unpaired) electrons. The van der Waals surface area contributed by atoms with Crippen LogP contribution in [0.25, 0.3) is 22.0 Å². The number of rotatable bonds is 7. The lowest BCUT2D eigenvalue weighted by molar-refractivity contribution is -0.0266. The van der Waals surface area contributed by atoms with Gasteiger partial charge in [-0.1, -0.05) is 0 Å². The molecular formula is C20H20F2N4O3. The number of ether oxygens (including phenoxy) is 3. The molecular weight excluding hydrogens is 382 g/mol. The maximum atomic E-state index is 13.1. The molecule has 1 fully saturated rings. The number of nitrogens with zero attached hydrogens (tertiary/aromatic N) is 4. The van der Waals surface area contributed by atoms with Gasteiger partial charge in [-0.2, -0.15) is 10.2 Å². The minimum atomic E-state index is -2.64. The molecule has 29 heavy (non-hydrogen) atoms. The van der Waals surface area contributed by atoms with Gasteiger partial charge in [0.1, 0.15) is 12.4 Å². The van der Waals surface area contributed by atoms with Crippen molar-refractivity contribution >= 4 is 16.7 Å². The highest BCUT2D eigenvalue weighted by Crippen LogP contribution is 2.36. The fraction of sp³-hybridized carbons (Fsp3) is 0.350. The molecule has 2 aromatic heterocycles. The van der Waals surface area contributed by atoms with Crippen LogP contribution in [0.3, 0.4) is 0 Å². The summed E-state index contributed by atoms with van der Waals surface area (Å²) < 4.78 is 42.4. The number of hydrogen-bond donors (Lipinski definition) is 0. The molecule has 7 nitrogen and oxygen atoms in total. The lowest BCUT2D eigenvalue weighted by Crippen LogP contribution is -2.56. The van der Waals surface area contributed by atoms with E-state index in [0.717, 1.165) is 16.5 Å². The summed E-state index contributed by atoms with van der Waals surface area (Å²) in [6, 6.07) is 7.18. The van der Waals surface area contributed by atoms with Gasteiger partial charge in [0.25, 0.3) is 5.92 Å². The van der Waals surface area contributed by atoms with Crippen LogP contribution < -0.4 is 14.4 Å². The van der Waals surface area contributed by atoms with Gasteiger partial charge in [0, 0.05) is 35.9 Å². The largest absolute Gasteiger partial charge is 0.493 e. The van der Waals surface area contributed by atoms with Gasteiger partial charge >= 0.3 is 0 Å². The van der Waals surface area contributed by atoms with E-state index >= 15 is 0 Å². The summed E-state index contributed by atoms with van der Waals surface area (Å²) in [4.78, 5) is 5.88. The summed E-state index contributed by atoms with van der Waals surface area (Å²) in [5.41, 5.74) is 2.25. The summed E-state index contributed by atoms with van der Waals surface area (Å²) in [5, 5.41) is 9.06. The first-order valence-electron chi connectivity index (χ1n) is 9.05. The van der Waals surface area contributed by atoms with Crippen molar-refractivity contribution in [3.63, 3.8) is 0 Å². The first-order valence-corrected chi connectivity index (χ1v) is 9.05. The van der Waals surface area contributed by atoms with Crippen molar-refractivity contribution in [2.45, 2.75) is 5.92 Å². The number of halogens is 2. The molecule has 0 N–H and O–H groups in total. The van der Waals surface area contributed by atoms with Crippen molar-refractivity contribution in [1.82, 2.24) is 15.2 Å². The minimum absolute atomic E-state index is 0.305. The molecule has 3 heterocycles.